The van der Waals surface area contributed by atoms with Crippen LogP contribution in [-0.4, -0.2) is 39.5 Å². The lowest BCUT2D eigenvalue weighted by Gasteiger charge is -2.16. The Bertz CT molecular complexity index is 1780. The first-order valence-corrected chi connectivity index (χ1v) is 13.0. The zero-order valence-corrected chi connectivity index (χ0v) is 20.7. The van der Waals surface area contributed by atoms with Gasteiger partial charge in [0, 0.05) is 18.8 Å². The first-order valence-electron chi connectivity index (χ1n) is 11.5. The van der Waals surface area contributed by atoms with Crippen LogP contribution >= 0.6 is 0 Å². The van der Waals surface area contributed by atoms with Crippen molar-refractivity contribution < 1.29 is 12.8 Å². The number of hydrogen-bond acceptors (Lipinski definition) is 6. The Balaban J connectivity index is 1.67. The summed E-state index contributed by atoms with van der Waals surface area (Å²) in [7, 11) is -2.39. The average molecular weight is 523 g/mol. The molecule has 5 rings (SSSR count). The van der Waals surface area contributed by atoms with Gasteiger partial charge < -0.3 is 0 Å². The van der Waals surface area contributed by atoms with E-state index < -0.39 is 33.5 Å². The second-order valence-electron chi connectivity index (χ2n) is 9.29. The molecule has 0 spiro atoms. The minimum atomic E-state index is -4.10. The largest absolute Gasteiger partial charge is 0.332 e. The Hall–Kier alpha value is -4.08. The maximum absolute atomic E-state index is 13.5. The smallest absolute Gasteiger partial charge is 0.289 e. The van der Waals surface area contributed by atoms with Crippen molar-refractivity contribution in [2.75, 3.05) is 6.67 Å². The second-order valence-corrected chi connectivity index (χ2v) is 11.0. The maximum Gasteiger partial charge on any atom is 0.332 e. The molecule has 190 valence electrons. The molecule has 37 heavy (non-hydrogen) atoms. The molecule has 0 unspecified atom stereocenters. The first kappa shape index (κ1) is 24.6. The Morgan fingerprint density at radius 1 is 1.08 bits per heavy atom. The summed E-state index contributed by atoms with van der Waals surface area (Å²) >= 11 is 0. The minimum Gasteiger partial charge on any atom is -0.289 e. The molecular formula is C25H23FN6O4S. The van der Waals surface area contributed by atoms with Crippen LogP contribution in [0.4, 0.5) is 4.39 Å². The second kappa shape index (κ2) is 9.10. The van der Waals surface area contributed by atoms with Crippen LogP contribution in [0.1, 0.15) is 29.5 Å². The van der Waals surface area contributed by atoms with Crippen LogP contribution in [0.5, 0.6) is 0 Å². The zero-order chi connectivity index (χ0) is 26.4. The van der Waals surface area contributed by atoms with E-state index in [1.165, 1.54) is 29.0 Å². The van der Waals surface area contributed by atoms with E-state index in [1.54, 1.807) is 42.2 Å². The molecule has 10 nitrogen and oxygen atoms in total. The van der Waals surface area contributed by atoms with Gasteiger partial charge in [-0.05, 0) is 48.7 Å². The fraction of sp³-hybridized carbons (Fsp3) is 0.280. The molecule has 1 fully saturated rings. The molecule has 1 N–H and O–H groups in total. The number of alkyl halides is 1. The van der Waals surface area contributed by atoms with Crippen LogP contribution in [0.25, 0.3) is 10.9 Å². The molecule has 0 bridgehead atoms. The van der Waals surface area contributed by atoms with Gasteiger partial charge in [0.25, 0.3) is 5.56 Å². The molecule has 2 heterocycles. The van der Waals surface area contributed by atoms with Crippen molar-refractivity contribution in [2.45, 2.75) is 36.4 Å². The number of aromatic nitrogens is 4. The molecule has 1 aliphatic carbocycles. The first-order chi connectivity index (χ1) is 17.6. The predicted octanol–water partition coefficient (Wildman–Crippen LogP) is 1.65. The van der Waals surface area contributed by atoms with Crippen LogP contribution < -0.4 is 16.0 Å². The molecule has 12 heteroatoms. The van der Waals surface area contributed by atoms with Gasteiger partial charge in [0.2, 0.25) is 10.0 Å². The fourth-order valence-electron chi connectivity index (χ4n) is 4.22. The number of benzene rings is 2. The highest BCUT2D eigenvalue weighted by atomic mass is 32.2. The summed E-state index contributed by atoms with van der Waals surface area (Å²) in [6, 6.07) is 12.7. The van der Waals surface area contributed by atoms with E-state index in [2.05, 4.69) is 9.82 Å². The number of hydrogen-bond donors (Lipinski definition) is 1. The van der Waals surface area contributed by atoms with Crippen molar-refractivity contribution >= 4 is 20.9 Å². The van der Waals surface area contributed by atoms with Crippen LogP contribution in [0.3, 0.4) is 0 Å². The molecule has 2 aromatic heterocycles. The third kappa shape index (κ3) is 4.71. The highest BCUT2D eigenvalue weighted by Crippen LogP contribution is 2.37. The van der Waals surface area contributed by atoms with Gasteiger partial charge in [-0.3, -0.25) is 18.6 Å². The fourth-order valence-corrected chi connectivity index (χ4v) is 5.69. The van der Waals surface area contributed by atoms with Crippen molar-refractivity contribution in [3.63, 3.8) is 0 Å². The van der Waals surface area contributed by atoms with Gasteiger partial charge in [-0.25, -0.2) is 22.3 Å². The Morgan fingerprint density at radius 3 is 2.38 bits per heavy atom. The summed E-state index contributed by atoms with van der Waals surface area (Å²) in [6.07, 6.45) is 4.02. The van der Waals surface area contributed by atoms with E-state index >= 15 is 0 Å². The highest BCUT2D eigenvalue weighted by Gasteiger charge is 2.46. The number of rotatable bonds is 8. The Labute approximate surface area is 211 Å². The monoisotopic (exact) mass is 522 g/mol. The lowest BCUT2D eigenvalue weighted by atomic mass is 10.1. The van der Waals surface area contributed by atoms with Gasteiger partial charge in [0.15, 0.2) is 0 Å². The van der Waals surface area contributed by atoms with Crippen LogP contribution in [-0.2, 0) is 30.2 Å². The summed E-state index contributed by atoms with van der Waals surface area (Å²) in [5.41, 5.74) is -0.264. The lowest BCUT2D eigenvalue weighted by Crippen LogP contribution is -2.41. The maximum atomic E-state index is 13.5. The van der Waals surface area contributed by atoms with Crippen molar-refractivity contribution in [1.29, 1.82) is 5.26 Å². The molecule has 4 aromatic rings. The number of sulfonamides is 1. The van der Waals surface area contributed by atoms with Crippen LogP contribution in [0.2, 0.25) is 0 Å². The number of fused-ring (bicyclic) bond motifs is 1. The average Bonchev–Trinajstić information content (AvgIpc) is 3.54. The predicted molar refractivity (Wildman–Crippen MR) is 133 cm³/mol. The number of nitriles is 1. The quantitative estimate of drug-likeness (QED) is 0.374. The minimum absolute atomic E-state index is 0.0325. The van der Waals surface area contributed by atoms with Gasteiger partial charge >= 0.3 is 5.69 Å². The number of aryl methyl sites for hydroxylation is 1. The van der Waals surface area contributed by atoms with Crippen molar-refractivity contribution in [2.24, 2.45) is 7.05 Å². The van der Waals surface area contributed by atoms with E-state index in [-0.39, 0.29) is 28.9 Å². The third-order valence-electron chi connectivity index (χ3n) is 6.49. The number of halogens is 1. The topological polar surface area (TPSA) is 132 Å². The number of nitrogens with zero attached hydrogens (tertiary/aromatic N) is 5. The van der Waals surface area contributed by atoms with E-state index in [1.807, 2.05) is 6.07 Å². The molecule has 0 radical (unpaired) electrons. The SMILES string of the molecule is Cn1cc(Cn2c(=O)c3cc(S(=O)(=O)NC4(CF)CC4)ccc3n(Cc3ccc(C#N)cc3)c2=O)cn1. The van der Waals surface area contributed by atoms with Crippen molar-refractivity contribution in [3.8, 4) is 6.07 Å². The summed E-state index contributed by atoms with van der Waals surface area (Å²) in [6.45, 7) is -0.791. The summed E-state index contributed by atoms with van der Waals surface area (Å²) < 4.78 is 45.7. The molecule has 2 aromatic carbocycles. The van der Waals surface area contributed by atoms with Crippen LogP contribution in [0, 0.1) is 11.3 Å². The standard InChI is InChI=1S/C25H23FN6O4S/c1-30-13-19(12-28-30)15-32-23(33)21-10-20(37(35,36)29-25(16-26)8-9-25)6-7-22(21)31(24(32)34)14-18-4-2-17(11-27)3-5-18/h2-7,10,12-13,29H,8-9,14-16H2,1H3. The van der Waals surface area contributed by atoms with Crippen molar-refractivity contribution in [1.82, 2.24) is 23.6 Å². The molecule has 0 saturated heterocycles. The molecule has 1 aliphatic rings. The van der Waals surface area contributed by atoms with Gasteiger partial charge in [0.05, 0.1) is 52.3 Å². The van der Waals surface area contributed by atoms with Gasteiger partial charge in [-0.1, -0.05) is 12.1 Å². The summed E-state index contributed by atoms with van der Waals surface area (Å²) in [5, 5.41) is 13.2. The molecule has 0 aliphatic heterocycles. The molecular weight excluding hydrogens is 499 g/mol. The zero-order valence-electron chi connectivity index (χ0n) is 19.9. The van der Waals surface area contributed by atoms with E-state index in [0.717, 1.165) is 4.57 Å². The highest BCUT2D eigenvalue weighted by molar-refractivity contribution is 7.89. The van der Waals surface area contributed by atoms with Gasteiger partial charge in [-0.2, -0.15) is 10.4 Å². The summed E-state index contributed by atoms with van der Waals surface area (Å²) in [5.74, 6) is 0. The Morgan fingerprint density at radius 2 is 1.78 bits per heavy atom. The van der Waals surface area contributed by atoms with Crippen molar-refractivity contribution in [3.05, 3.63) is 92.4 Å². The Kier molecular flexibility index (Phi) is 6.05. The molecule has 1 saturated carbocycles. The lowest BCUT2D eigenvalue weighted by molar-refractivity contribution is 0.393. The van der Waals surface area contributed by atoms with E-state index in [9.17, 15) is 22.4 Å². The normalized spacial score (nSPS) is 14.5. The molecule has 0 amide bonds. The number of nitrogens with one attached hydrogen (secondary N) is 1. The summed E-state index contributed by atoms with van der Waals surface area (Å²) in [4.78, 5) is 26.8. The molecule has 0 atom stereocenters. The van der Waals surface area contributed by atoms with Gasteiger partial charge in [-0.15, -0.1) is 0 Å². The van der Waals surface area contributed by atoms with Crippen LogP contribution in [0.15, 0.2) is 69.3 Å². The van der Waals surface area contributed by atoms with E-state index in [4.69, 9.17) is 5.26 Å². The van der Waals surface area contributed by atoms with E-state index in [0.29, 0.717) is 29.5 Å². The van der Waals surface area contributed by atoms with Gasteiger partial charge in [0.1, 0.15) is 6.67 Å². The third-order valence-corrected chi connectivity index (χ3v) is 8.07.